The van der Waals surface area contributed by atoms with Gasteiger partial charge >= 0.3 is 11.8 Å². The van der Waals surface area contributed by atoms with Gasteiger partial charge < -0.3 is 5.32 Å². The molecule has 0 spiro atoms. The van der Waals surface area contributed by atoms with Gasteiger partial charge in [-0.3, -0.25) is 9.59 Å². The van der Waals surface area contributed by atoms with Crippen LogP contribution in [0.2, 0.25) is 0 Å². The molecule has 5 nitrogen and oxygen atoms in total. The third-order valence-corrected chi connectivity index (χ3v) is 4.03. The number of para-hydroxylation sites is 1. The second-order valence-corrected chi connectivity index (χ2v) is 5.53. The molecular formula is C16H17N3O2S. The van der Waals surface area contributed by atoms with Crippen molar-refractivity contribution in [3.63, 3.8) is 0 Å². The summed E-state index contributed by atoms with van der Waals surface area (Å²) in [6.45, 7) is 3.76. The Bertz CT molecular complexity index is 693. The Labute approximate surface area is 133 Å². The Balaban J connectivity index is 1.98. The normalized spacial score (nSPS) is 11.1. The van der Waals surface area contributed by atoms with E-state index in [0.717, 1.165) is 16.9 Å². The van der Waals surface area contributed by atoms with E-state index in [1.165, 1.54) is 11.3 Å². The van der Waals surface area contributed by atoms with Gasteiger partial charge in [0.05, 0.1) is 5.71 Å². The Morgan fingerprint density at radius 3 is 2.59 bits per heavy atom. The molecule has 0 atom stereocenters. The fraction of sp³-hybridized carbons (Fsp3) is 0.188. The van der Waals surface area contributed by atoms with Crippen molar-refractivity contribution < 1.29 is 9.59 Å². The lowest BCUT2D eigenvalue weighted by molar-refractivity contribution is -0.136. The average molecular weight is 315 g/mol. The van der Waals surface area contributed by atoms with Gasteiger partial charge in [-0.1, -0.05) is 31.2 Å². The smallest absolute Gasteiger partial charge is 0.317 e. The first-order chi connectivity index (χ1) is 10.6. The standard InChI is InChI=1S/C16H17N3O2S/c1-3-12-7-4-5-8-13(12)17-15(20)16(21)19-18-11(2)14-9-6-10-22-14/h4-10H,3H2,1-2H3,(H,17,20)(H,19,21)/b18-11+. The van der Waals surface area contributed by atoms with Crippen molar-refractivity contribution in [3.05, 3.63) is 52.2 Å². The van der Waals surface area contributed by atoms with Gasteiger partial charge in [-0.15, -0.1) is 11.3 Å². The van der Waals surface area contributed by atoms with Crippen molar-refractivity contribution in [2.24, 2.45) is 5.10 Å². The second kappa shape index (κ2) is 7.51. The maximum atomic E-state index is 11.9. The number of anilines is 1. The summed E-state index contributed by atoms with van der Waals surface area (Å²) in [6, 6.07) is 11.2. The van der Waals surface area contributed by atoms with E-state index in [0.29, 0.717) is 11.4 Å². The SMILES string of the molecule is CCc1ccccc1NC(=O)C(=O)N/N=C(\C)c1cccs1. The molecule has 22 heavy (non-hydrogen) atoms. The molecule has 0 radical (unpaired) electrons. The first-order valence-electron chi connectivity index (χ1n) is 6.89. The summed E-state index contributed by atoms with van der Waals surface area (Å²) < 4.78 is 0. The number of benzene rings is 1. The molecular weight excluding hydrogens is 298 g/mol. The molecule has 0 bridgehead atoms. The Morgan fingerprint density at radius 2 is 1.91 bits per heavy atom. The zero-order valence-electron chi connectivity index (χ0n) is 12.4. The number of hydrogen-bond acceptors (Lipinski definition) is 4. The van der Waals surface area contributed by atoms with Gasteiger partial charge in [0.1, 0.15) is 0 Å². The first-order valence-corrected chi connectivity index (χ1v) is 7.77. The summed E-state index contributed by atoms with van der Waals surface area (Å²) in [7, 11) is 0. The molecule has 1 heterocycles. The van der Waals surface area contributed by atoms with Crippen LogP contribution in [0.25, 0.3) is 0 Å². The highest BCUT2D eigenvalue weighted by atomic mass is 32.1. The van der Waals surface area contributed by atoms with Crippen molar-refractivity contribution in [1.82, 2.24) is 5.43 Å². The highest BCUT2D eigenvalue weighted by Gasteiger charge is 2.14. The predicted octanol–water partition coefficient (Wildman–Crippen LogP) is 2.79. The maximum absolute atomic E-state index is 11.9. The van der Waals surface area contributed by atoms with Gasteiger partial charge in [-0.05, 0) is 36.4 Å². The van der Waals surface area contributed by atoms with Crippen molar-refractivity contribution in [2.75, 3.05) is 5.32 Å². The van der Waals surface area contributed by atoms with Gasteiger partial charge in [-0.2, -0.15) is 5.10 Å². The lowest BCUT2D eigenvalue weighted by Crippen LogP contribution is -2.33. The molecule has 0 aliphatic carbocycles. The van der Waals surface area contributed by atoms with Crippen LogP contribution in [0.5, 0.6) is 0 Å². The van der Waals surface area contributed by atoms with E-state index in [4.69, 9.17) is 0 Å². The monoisotopic (exact) mass is 315 g/mol. The van der Waals surface area contributed by atoms with E-state index in [9.17, 15) is 9.59 Å². The largest absolute Gasteiger partial charge is 0.329 e. The van der Waals surface area contributed by atoms with Crippen molar-refractivity contribution in [3.8, 4) is 0 Å². The molecule has 114 valence electrons. The number of amides is 2. The molecule has 0 aliphatic heterocycles. The molecule has 2 aromatic rings. The topological polar surface area (TPSA) is 70.6 Å². The fourth-order valence-corrected chi connectivity index (χ4v) is 2.53. The molecule has 6 heteroatoms. The van der Waals surface area contributed by atoms with Crippen molar-refractivity contribution >= 4 is 34.6 Å². The second-order valence-electron chi connectivity index (χ2n) is 4.58. The van der Waals surface area contributed by atoms with Crippen LogP contribution in [0.3, 0.4) is 0 Å². The number of thiophene rings is 1. The third-order valence-electron chi connectivity index (χ3n) is 3.06. The fourth-order valence-electron chi connectivity index (χ4n) is 1.85. The summed E-state index contributed by atoms with van der Waals surface area (Å²) >= 11 is 1.52. The highest BCUT2D eigenvalue weighted by molar-refractivity contribution is 7.12. The van der Waals surface area contributed by atoms with Crippen LogP contribution in [-0.2, 0) is 16.0 Å². The molecule has 0 unspecified atom stereocenters. The number of hydrazone groups is 1. The molecule has 2 rings (SSSR count). The van der Waals surface area contributed by atoms with Crippen molar-refractivity contribution in [2.45, 2.75) is 20.3 Å². The van der Waals surface area contributed by atoms with Crippen LogP contribution in [-0.4, -0.2) is 17.5 Å². The van der Waals surface area contributed by atoms with E-state index in [1.807, 2.05) is 42.6 Å². The molecule has 0 saturated carbocycles. The predicted molar refractivity (Wildman–Crippen MR) is 89.1 cm³/mol. The Kier molecular flexibility index (Phi) is 5.43. The van der Waals surface area contributed by atoms with E-state index in [2.05, 4.69) is 15.8 Å². The zero-order chi connectivity index (χ0) is 15.9. The first kappa shape index (κ1) is 15.9. The summed E-state index contributed by atoms with van der Waals surface area (Å²) in [5.74, 6) is -1.52. The summed E-state index contributed by atoms with van der Waals surface area (Å²) in [5.41, 5.74) is 4.55. The molecule has 1 aromatic heterocycles. The number of carbonyl (C=O) groups is 2. The third kappa shape index (κ3) is 4.02. The van der Waals surface area contributed by atoms with Crippen LogP contribution in [0.1, 0.15) is 24.3 Å². The number of hydrogen-bond donors (Lipinski definition) is 2. The molecule has 2 N–H and O–H groups in total. The van der Waals surface area contributed by atoms with Crippen molar-refractivity contribution in [1.29, 1.82) is 0 Å². The van der Waals surface area contributed by atoms with Gasteiger partial charge in [0, 0.05) is 10.6 Å². The van der Waals surface area contributed by atoms with E-state index < -0.39 is 11.8 Å². The molecule has 2 amide bonds. The summed E-state index contributed by atoms with van der Waals surface area (Å²) in [4.78, 5) is 24.6. The quantitative estimate of drug-likeness (QED) is 0.517. The minimum Gasteiger partial charge on any atom is -0.317 e. The number of aryl methyl sites for hydroxylation is 1. The van der Waals surface area contributed by atoms with E-state index in [1.54, 1.807) is 13.0 Å². The Hall–Kier alpha value is -2.47. The Morgan fingerprint density at radius 1 is 1.14 bits per heavy atom. The van der Waals surface area contributed by atoms with Gasteiger partial charge in [0.2, 0.25) is 0 Å². The van der Waals surface area contributed by atoms with E-state index in [-0.39, 0.29) is 0 Å². The van der Waals surface area contributed by atoms with Crippen LogP contribution in [0.15, 0.2) is 46.9 Å². The zero-order valence-corrected chi connectivity index (χ0v) is 13.2. The van der Waals surface area contributed by atoms with Crippen LogP contribution in [0, 0.1) is 0 Å². The van der Waals surface area contributed by atoms with Gasteiger partial charge in [0.15, 0.2) is 0 Å². The number of nitrogens with one attached hydrogen (secondary N) is 2. The lowest BCUT2D eigenvalue weighted by atomic mass is 10.1. The van der Waals surface area contributed by atoms with Crippen LogP contribution >= 0.6 is 11.3 Å². The number of rotatable bonds is 4. The minimum absolute atomic E-state index is 0.643. The summed E-state index contributed by atoms with van der Waals surface area (Å²) in [5, 5.41) is 8.46. The van der Waals surface area contributed by atoms with Gasteiger partial charge in [-0.25, -0.2) is 5.43 Å². The van der Waals surface area contributed by atoms with Crippen LogP contribution < -0.4 is 10.7 Å². The number of nitrogens with zero attached hydrogens (tertiary/aromatic N) is 1. The summed E-state index contributed by atoms with van der Waals surface area (Å²) in [6.07, 6.45) is 0.772. The van der Waals surface area contributed by atoms with Crippen LogP contribution in [0.4, 0.5) is 5.69 Å². The lowest BCUT2D eigenvalue weighted by Gasteiger charge is -2.08. The highest BCUT2D eigenvalue weighted by Crippen LogP contribution is 2.15. The van der Waals surface area contributed by atoms with Gasteiger partial charge in [0.25, 0.3) is 0 Å². The molecule has 0 aliphatic rings. The molecule has 0 fully saturated rings. The number of carbonyl (C=O) groups excluding carboxylic acids is 2. The molecule has 1 aromatic carbocycles. The minimum atomic E-state index is -0.790. The van der Waals surface area contributed by atoms with E-state index >= 15 is 0 Å². The molecule has 0 saturated heterocycles. The maximum Gasteiger partial charge on any atom is 0.329 e. The average Bonchev–Trinajstić information content (AvgIpc) is 3.07.